The van der Waals surface area contributed by atoms with Crippen molar-refractivity contribution < 1.29 is 18.8 Å². The van der Waals surface area contributed by atoms with Crippen LogP contribution in [0.2, 0.25) is 0 Å². The molecule has 30 heavy (non-hydrogen) atoms. The van der Waals surface area contributed by atoms with Crippen molar-refractivity contribution in [3.05, 3.63) is 71.5 Å². The van der Waals surface area contributed by atoms with Crippen LogP contribution in [0.25, 0.3) is 0 Å². The average Bonchev–Trinajstić information content (AvgIpc) is 2.77. The molecule has 0 atom stereocenters. The summed E-state index contributed by atoms with van der Waals surface area (Å²) in [7, 11) is 0. The van der Waals surface area contributed by atoms with Crippen LogP contribution in [0.15, 0.2) is 54.6 Å². The van der Waals surface area contributed by atoms with Gasteiger partial charge in [-0.3, -0.25) is 19.8 Å². The molecule has 4 amide bonds. The Kier molecular flexibility index (Phi) is 7.51. The largest absolute Gasteiger partial charge is 0.336 e. The molecule has 1 aliphatic rings. The summed E-state index contributed by atoms with van der Waals surface area (Å²) in [4.78, 5) is 39.9. The highest BCUT2D eigenvalue weighted by atomic mass is 19.1. The third kappa shape index (κ3) is 6.12. The minimum atomic E-state index is -0.524. The Bertz CT molecular complexity index is 883. The molecule has 0 aromatic heterocycles. The van der Waals surface area contributed by atoms with Crippen molar-refractivity contribution in [1.82, 2.24) is 20.4 Å². The number of imide groups is 1. The molecule has 7 nitrogen and oxygen atoms in total. The van der Waals surface area contributed by atoms with Gasteiger partial charge in [-0.15, -0.1) is 0 Å². The summed E-state index contributed by atoms with van der Waals surface area (Å²) in [6, 6.07) is 14.9. The molecule has 0 spiro atoms. The number of piperazine rings is 1. The molecule has 0 radical (unpaired) electrons. The topological polar surface area (TPSA) is 81.8 Å². The van der Waals surface area contributed by atoms with Crippen LogP contribution in [0, 0.1) is 5.82 Å². The molecular weight excluding hydrogens is 387 g/mol. The maximum Gasteiger partial charge on any atom is 0.321 e. The molecule has 1 saturated heterocycles. The average molecular weight is 412 g/mol. The van der Waals surface area contributed by atoms with E-state index >= 15 is 0 Å². The van der Waals surface area contributed by atoms with E-state index in [1.54, 1.807) is 17.0 Å². The molecule has 8 heteroatoms. The van der Waals surface area contributed by atoms with Crippen molar-refractivity contribution in [3.8, 4) is 0 Å². The predicted octanol–water partition coefficient (Wildman–Crippen LogP) is 2.00. The molecule has 2 N–H and O–H groups in total. The van der Waals surface area contributed by atoms with Gasteiger partial charge in [0.2, 0.25) is 5.91 Å². The van der Waals surface area contributed by atoms with E-state index in [0.29, 0.717) is 39.3 Å². The minimum absolute atomic E-state index is 0.0758. The quantitative estimate of drug-likeness (QED) is 0.761. The van der Waals surface area contributed by atoms with Crippen LogP contribution in [0.4, 0.5) is 9.18 Å². The Morgan fingerprint density at radius 1 is 0.900 bits per heavy atom. The van der Waals surface area contributed by atoms with Crippen molar-refractivity contribution in [2.24, 2.45) is 0 Å². The molecule has 0 aliphatic carbocycles. The number of urea groups is 1. The fraction of sp³-hybridized carbons (Fsp3) is 0.318. The molecule has 158 valence electrons. The highest BCUT2D eigenvalue weighted by Gasteiger charge is 2.24. The fourth-order valence-corrected chi connectivity index (χ4v) is 3.25. The number of halogens is 1. The summed E-state index contributed by atoms with van der Waals surface area (Å²) in [5.74, 6) is -1.20. The number of carbonyl (C=O) groups excluding carboxylic acids is 3. The zero-order valence-electron chi connectivity index (χ0n) is 16.6. The van der Waals surface area contributed by atoms with E-state index in [0.717, 1.165) is 5.56 Å². The number of hydrogen-bond donors (Lipinski definition) is 2. The maximum absolute atomic E-state index is 13.8. The van der Waals surface area contributed by atoms with Gasteiger partial charge in [-0.25, -0.2) is 9.18 Å². The first kappa shape index (κ1) is 21.4. The lowest BCUT2D eigenvalue weighted by molar-refractivity contribution is -0.120. The van der Waals surface area contributed by atoms with Crippen LogP contribution in [0.1, 0.15) is 22.3 Å². The number of benzene rings is 2. The highest BCUT2D eigenvalue weighted by Crippen LogP contribution is 2.12. The van der Waals surface area contributed by atoms with Gasteiger partial charge < -0.3 is 10.2 Å². The van der Waals surface area contributed by atoms with Crippen molar-refractivity contribution in [1.29, 1.82) is 0 Å². The van der Waals surface area contributed by atoms with Crippen molar-refractivity contribution in [3.63, 3.8) is 0 Å². The van der Waals surface area contributed by atoms with E-state index < -0.39 is 11.8 Å². The number of rotatable bonds is 6. The SMILES string of the molecule is O=C(CCN1CCN(C(=O)c2ccccc2F)CC1)NC(=O)NCc1ccccc1. The van der Waals surface area contributed by atoms with E-state index in [-0.39, 0.29) is 23.8 Å². The molecule has 2 aromatic rings. The Morgan fingerprint density at radius 2 is 1.57 bits per heavy atom. The zero-order valence-corrected chi connectivity index (χ0v) is 16.6. The van der Waals surface area contributed by atoms with Crippen LogP contribution in [0.5, 0.6) is 0 Å². The maximum atomic E-state index is 13.8. The summed E-state index contributed by atoms with van der Waals surface area (Å²) < 4.78 is 13.8. The van der Waals surface area contributed by atoms with Gasteiger partial charge in [0.15, 0.2) is 0 Å². The molecule has 3 rings (SSSR count). The second kappa shape index (κ2) is 10.5. The number of nitrogens with zero attached hydrogens (tertiary/aromatic N) is 2. The molecular formula is C22H25FN4O3. The number of nitrogens with one attached hydrogen (secondary N) is 2. The number of amides is 4. The zero-order chi connectivity index (χ0) is 21.3. The third-order valence-corrected chi connectivity index (χ3v) is 4.97. The number of hydrogen-bond acceptors (Lipinski definition) is 4. The Morgan fingerprint density at radius 3 is 2.27 bits per heavy atom. The fourth-order valence-electron chi connectivity index (χ4n) is 3.25. The van der Waals surface area contributed by atoms with Crippen molar-refractivity contribution in [2.45, 2.75) is 13.0 Å². The van der Waals surface area contributed by atoms with Crippen molar-refractivity contribution >= 4 is 17.8 Å². The van der Waals surface area contributed by atoms with Crippen LogP contribution >= 0.6 is 0 Å². The molecule has 1 fully saturated rings. The molecule has 1 heterocycles. The van der Waals surface area contributed by atoms with E-state index in [4.69, 9.17) is 0 Å². The van der Waals surface area contributed by atoms with Crippen LogP contribution < -0.4 is 10.6 Å². The second-order valence-corrected chi connectivity index (χ2v) is 7.08. The first-order chi connectivity index (χ1) is 14.5. The summed E-state index contributed by atoms with van der Waals surface area (Å²) in [6.07, 6.45) is 0.181. The number of carbonyl (C=O) groups is 3. The molecule has 0 unspecified atom stereocenters. The molecule has 0 saturated carbocycles. The van der Waals surface area contributed by atoms with Gasteiger partial charge in [0.05, 0.1) is 5.56 Å². The van der Waals surface area contributed by atoms with E-state index in [1.807, 2.05) is 35.2 Å². The summed E-state index contributed by atoms with van der Waals surface area (Å²) in [5.41, 5.74) is 1.02. The van der Waals surface area contributed by atoms with E-state index in [1.165, 1.54) is 12.1 Å². The standard InChI is InChI=1S/C22H25FN4O3/c23-19-9-5-4-8-18(19)21(29)27-14-12-26(13-15-27)11-10-20(28)25-22(30)24-16-17-6-2-1-3-7-17/h1-9H,10-16H2,(H2,24,25,28,30). The van der Waals surface area contributed by atoms with Crippen LogP contribution in [-0.2, 0) is 11.3 Å². The van der Waals surface area contributed by atoms with Gasteiger partial charge in [-0.1, -0.05) is 42.5 Å². The van der Waals surface area contributed by atoms with Crippen molar-refractivity contribution in [2.75, 3.05) is 32.7 Å². The van der Waals surface area contributed by atoms with Gasteiger partial charge in [0, 0.05) is 45.7 Å². The lowest BCUT2D eigenvalue weighted by Crippen LogP contribution is -2.49. The monoisotopic (exact) mass is 412 g/mol. The lowest BCUT2D eigenvalue weighted by atomic mass is 10.1. The second-order valence-electron chi connectivity index (χ2n) is 7.08. The molecule has 2 aromatic carbocycles. The van der Waals surface area contributed by atoms with Crippen LogP contribution in [0.3, 0.4) is 0 Å². The Hall–Kier alpha value is -3.26. The van der Waals surface area contributed by atoms with E-state index in [9.17, 15) is 18.8 Å². The minimum Gasteiger partial charge on any atom is -0.336 e. The Labute approximate surface area is 174 Å². The smallest absolute Gasteiger partial charge is 0.321 e. The summed E-state index contributed by atoms with van der Waals surface area (Å²) >= 11 is 0. The normalized spacial score (nSPS) is 14.2. The van der Waals surface area contributed by atoms with E-state index in [2.05, 4.69) is 10.6 Å². The summed E-state index contributed by atoms with van der Waals surface area (Å²) in [5, 5.41) is 4.97. The van der Waals surface area contributed by atoms with Crippen LogP contribution in [-0.4, -0.2) is 60.4 Å². The molecule has 1 aliphatic heterocycles. The first-order valence-electron chi connectivity index (χ1n) is 9.90. The van der Waals surface area contributed by atoms with Gasteiger partial charge in [-0.05, 0) is 17.7 Å². The van der Waals surface area contributed by atoms with Gasteiger partial charge >= 0.3 is 6.03 Å². The first-order valence-corrected chi connectivity index (χ1v) is 9.90. The highest BCUT2D eigenvalue weighted by molar-refractivity contribution is 5.95. The third-order valence-electron chi connectivity index (χ3n) is 4.97. The van der Waals surface area contributed by atoms with Gasteiger partial charge in [0.25, 0.3) is 5.91 Å². The van der Waals surface area contributed by atoms with Gasteiger partial charge in [-0.2, -0.15) is 0 Å². The predicted molar refractivity (Wildman–Crippen MR) is 110 cm³/mol. The Balaban J connectivity index is 1.35. The summed E-state index contributed by atoms with van der Waals surface area (Å²) in [6.45, 7) is 2.94. The molecule has 0 bridgehead atoms. The lowest BCUT2D eigenvalue weighted by Gasteiger charge is -2.34. The van der Waals surface area contributed by atoms with Gasteiger partial charge in [0.1, 0.15) is 5.82 Å².